The van der Waals surface area contributed by atoms with Gasteiger partial charge in [-0.25, -0.2) is 4.99 Å². The number of guanidine groups is 1. The van der Waals surface area contributed by atoms with Crippen LogP contribution in [0.4, 0.5) is 11.4 Å². The Morgan fingerprint density at radius 1 is 1.11 bits per heavy atom. The van der Waals surface area contributed by atoms with Crippen molar-refractivity contribution in [3.05, 3.63) is 48.2 Å². The van der Waals surface area contributed by atoms with Crippen LogP contribution >= 0.6 is 0 Å². The Morgan fingerprint density at radius 3 is 2.74 bits per heavy atom. The van der Waals surface area contributed by atoms with E-state index in [-0.39, 0.29) is 0 Å². The van der Waals surface area contributed by atoms with Gasteiger partial charge in [0.25, 0.3) is 0 Å². The standard InChI is InChI=1S/C15H16N4/c16-11-5-7-12(8-6-11)18-9-10-19-14-4-2-1-3-13(14)17-15(18)19/h1-2,4-8,13H,3,9-10,16H2. The zero-order chi connectivity index (χ0) is 12.8. The molecule has 1 fully saturated rings. The van der Waals surface area contributed by atoms with Gasteiger partial charge < -0.3 is 15.5 Å². The molecule has 4 nitrogen and oxygen atoms in total. The van der Waals surface area contributed by atoms with E-state index in [0.717, 1.165) is 31.2 Å². The van der Waals surface area contributed by atoms with Gasteiger partial charge in [-0.3, -0.25) is 0 Å². The lowest BCUT2D eigenvalue weighted by atomic mass is 10.1. The van der Waals surface area contributed by atoms with Crippen LogP contribution in [0.15, 0.2) is 53.2 Å². The molecule has 0 saturated carbocycles. The number of nitrogens with two attached hydrogens (primary N) is 1. The van der Waals surface area contributed by atoms with Crippen molar-refractivity contribution in [2.45, 2.75) is 12.5 Å². The number of aliphatic imine (C=N–C) groups is 1. The van der Waals surface area contributed by atoms with Crippen LogP contribution in [0.3, 0.4) is 0 Å². The Hall–Kier alpha value is -2.23. The summed E-state index contributed by atoms with van der Waals surface area (Å²) in [5.41, 5.74) is 9.06. The Labute approximate surface area is 112 Å². The van der Waals surface area contributed by atoms with Crippen LogP contribution in [-0.4, -0.2) is 30.0 Å². The van der Waals surface area contributed by atoms with E-state index in [2.05, 4.69) is 40.2 Å². The normalized spacial score (nSPS) is 24.1. The molecule has 1 aromatic rings. The molecule has 1 aliphatic carbocycles. The van der Waals surface area contributed by atoms with E-state index in [9.17, 15) is 0 Å². The predicted molar refractivity (Wildman–Crippen MR) is 78.0 cm³/mol. The van der Waals surface area contributed by atoms with Crippen molar-refractivity contribution in [2.24, 2.45) is 4.99 Å². The van der Waals surface area contributed by atoms with Gasteiger partial charge in [0.15, 0.2) is 0 Å². The summed E-state index contributed by atoms with van der Waals surface area (Å²) < 4.78 is 0. The Balaban J connectivity index is 1.69. The number of fused-ring (bicyclic) bond motifs is 3. The molecule has 19 heavy (non-hydrogen) atoms. The smallest absolute Gasteiger partial charge is 0.206 e. The fourth-order valence-corrected chi connectivity index (χ4v) is 2.96. The van der Waals surface area contributed by atoms with Crippen LogP contribution in [0.1, 0.15) is 6.42 Å². The first-order chi connectivity index (χ1) is 9.33. The molecule has 0 radical (unpaired) electrons. The molecule has 1 unspecified atom stereocenters. The molecule has 0 amide bonds. The van der Waals surface area contributed by atoms with Crippen molar-refractivity contribution in [1.82, 2.24) is 4.90 Å². The van der Waals surface area contributed by atoms with Crippen LogP contribution in [-0.2, 0) is 0 Å². The number of nitrogens with zero attached hydrogens (tertiary/aromatic N) is 3. The number of hydrogen-bond acceptors (Lipinski definition) is 4. The zero-order valence-corrected chi connectivity index (χ0v) is 10.7. The summed E-state index contributed by atoms with van der Waals surface area (Å²) in [6, 6.07) is 8.34. The highest BCUT2D eigenvalue weighted by atomic mass is 15.5. The number of rotatable bonds is 1. The van der Waals surface area contributed by atoms with E-state index in [1.807, 2.05) is 12.1 Å². The van der Waals surface area contributed by atoms with E-state index >= 15 is 0 Å². The van der Waals surface area contributed by atoms with Crippen LogP contribution in [0, 0.1) is 0 Å². The topological polar surface area (TPSA) is 44.9 Å². The highest BCUT2D eigenvalue weighted by Gasteiger charge is 2.38. The van der Waals surface area contributed by atoms with Crippen LogP contribution in [0.25, 0.3) is 0 Å². The minimum Gasteiger partial charge on any atom is -0.399 e. The van der Waals surface area contributed by atoms with E-state index in [1.165, 1.54) is 11.4 Å². The summed E-state index contributed by atoms with van der Waals surface area (Å²) in [6.07, 6.45) is 7.53. The van der Waals surface area contributed by atoms with Crippen molar-refractivity contribution in [2.75, 3.05) is 23.7 Å². The minimum absolute atomic E-state index is 0.316. The Bertz CT molecular complexity index is 597. The first-order valence-electron chi connectivity index (χ1n) is 6.68. The third-order valence-corrected chi connectivity index (χ3v) is 3.92. The molecule has 2 N–H and O–H groups in total. The van der Waals surface area contributed by atoms with E-state index in [4.69, 9.17) is 10.7 Å². The number of benzene rings is 1. The van der Waals surface area contributed by atoms with Crippen molar-refractivity contribution in [1.29, 1.82) is 0 Å². The summed E-state index contributed by atoms with van der Waals surface area (Å²) in [5.74, 6) is 1.09. The number of allylic oxidation sites excluding steroid dienone is 2. The minimum atomic E-state index is 0.316. The number of hydrogen-bond donors (Lipinski definition) is 1. The summed E-state index contributed by atoms with van der Waals surface area (Å²) in [5, 5.41) is 0. The van der Waals surface area contributed by atoms with Gasteiger partial charge in [-0.15, -0.1) is 0 Å². The van der Waals surface area contributed by atoms with Crippen LogP contribution in [0.5, 0.6) is 0 Å². The van der Waals surface area contributed by atoms with Gasteiger partial charge in [0.05, 0.1) is 6.04 Å². The van der Waals surface area contributed by atoms with Crippen molar-refractivity contribution >= 4 is 17.3 Å². The molecule has 1 atom stereocenters. The predicted octanol–water partition coefficient (Wildman–Crippen LogP) is 1.97. The van der Waals surface area contributed by atoms with E-state index < -0.39 is 0 Å². The SMILES string of the molecule is Nc1ccc(N2CCN3C4=CC=CCC4N=C32)cc1. The highest BCUT2D eigenvalue weighted by molar-refractivity contribution is 6.01. The third-order valence-electron chi connectivity index (χ3n) is 3.92. The summed E-state index contributed by atoms with van der Waals surface area (Å²) in [4.78, 5) is 9.48. The Morgan fingerprint density at radius 2 is 1.89 bits per heavy atom. The first-order valence-corrected chi connectivity index (χ1v) is 6.68. The maximum atomic E-state index is 5.75. The van der Waals surface area contributed by atoms with Crippen molar-refractivity contribution < 1.29 is 0 Å². The first kappa shape index (κ1) is 10.7. The molecule has 0 bridgehead atoms. The lowest BCUT2D eigenvalue weighted by Crippen LogP contribution is -2.29. The summed E-state index contributed by atoms with van der Waals surface area (Å²) in [7, 11) is 0. The molecular formula is C15H16N4. The van der Waals surface area contributed by atoms with Gasteiger partial charge in [-0.05, 0) is 36.8 Å². The van der Waals surface area contributed by atoms with Gasteiger partial charge >= 0.3 is 0 Å². The molecule has 4 rings (SSSR count). The molecule has 1 saturated heterocycles. The quantitative estimate of drug-likeness (QED) is 0.777. The van der Waals surface area contributed by atoms with Gasteiger partial charge in [0.1, 0.15) is 0 Å². The fourth-order valence-electron chi connectivity index (χ4n) is 2.96. The monoisotopic (exact) mass is 252 g/mol. The molecule has 2 aliphatic heterocycles. The van der Waals surface area contributed by atoms with Crippen molar-refractivity contribution in [3.8, 4) is 0 Å². The molecular weight excluding hydrogens is 236 g/mol. The maximum absolute atomic E-state index is 5.75. The van der Waals surface area contributed by atoms with Gasteiger partial charge in [-0.2, -0.15) is 0 Å². The van der Waals surface area contributed by atoms with Crippen LogP contribution in [0.2, 0.25) is 0 Å². The molecule has 2 heterocycles. The third kappa shape index (κ3) is 1.56. The molecule has 0 aromatic heterocycles. The van der Waals surface area contributed by atoms with Crippen LogP contribution < -0.4 is 10.6 Å². The van der Waals surface area contributed by atoms with Gasteiger partial charge in [0, 0.05) is 30.2 Å². The van der Waals surface area contributed by atoms with Gasteiger partial charge in [-0.1, -0.05) is 12.2 Å². The Kier molecular flexibility index (Phi) is 2.18. The number of nitrogen functional groups attached to an aromatic ring is 1. The van der Waals surface area contributed by atoms with Gasteiger partial charge in [0.2, 0.25) is 5.96 Å². The molecule has 96 valence electrons. The lowest BCUT2D eigenvalue weighted by molar-refractivity contribution is 0.546. The number of anilines is 2. The highest BCUT2D eigenvalue weighted by Crippen LogP contribution is 2.33. The largest absolute Gasteiger partial charge is 0.399 e. The second kappa shape index (κ2) is 3.88. The molecule has 1 aromatic carbocycles. The fraction of sp³-hybridized carbons (Fsp3) is 0.267. The average Bonchev–Trinajstić information content (AvgIpc) is 2.98. The molecule has 0 spiro atoms. The van der Waals surface area contributed by atoms with Crippen molar-refractivity contribution in [3.63, 3.8) is 0 Å². The lowest BCUT2D eigenvalue weighted by Gasteiger charge is -2.20. The maximum Gasteiger partial charge on any atom is 0.206 e. The molecule has 4 heteroatoms. The zero-order valence-electron chi connectivity index (χ0n) is 10.7. The summed E-state index contributed by atoms with van der Waals surface area (Å²) in [6.45, 7) is 2.00. The second-order valence-corrected chi connectivity index (χ2v) is 5.10. The van der Waals surface area contributed by atoms with E-state index in [1.54, 1.807) is 0 Å². The second-order valence-electron chi connectivity index (χ2n) is 5.10. The molecule has 3 aliphatic rings. The summed E-state index contributed by atoms with van der Waals surface area (Å²) >= 11 is 0. The van der Waals surface area contributed by atoms with E-state index in [0.29, 0.717) is 6.04 Å². The average molecular weight is 252 g/mol.